The number of nitriles is 1. The first-order valence-corrected chi connectivity index (χ1v) is 12.6. The minimum atomic E-state index is -4.83. The van der Waals surface area contributed by atoms with E-state index >= 15 is 4.39 Å². The number of benzene rings is 2. The summed E-state index contributed by atoms with van der Waals surface area (Å²) >= 11 is 5.47. The third-order valence-corrected chi connectivity index (χ3v) is 7.10. The van der Waals surface area contributed by atoms with Crippen molar-refractivity contribution in [3.63, 3.8) is 0 Å². The molecule has 0 atom stereocenters. The maximum Gasteiger partial charge on any atom is 0.417 e. The van der Waals surface area contributed by atoms with Gasteiger partial charge in [-0.1, -0.05) is 0 Å². The van der Waals surface area contributed by atoms with Gasteiger partial charge in [-0.3, -0.25) is 19.4 Å². The lowest BCUT2D eigenvalue weighted by molar-refractivity contribution is -0.137. The van der Waals surface area contributed by atoms with E-state index in [1.165, 1.54) is 43.0 Å². The van der Waals surface area contributed by atoms with Crippen molar-refractivity contribution in [1.29, 1.82) is 5.26 Å². The molecule has 0 aliphatic carbocycles. The van der Waals surface area contributed by atoms with Gasteiger partial charge in [-0.2, -0.15) is 18.4 Å². The highest BCUT2D eigenvalue weighted by Gasteiger charge is 2.51. The molecule has 39 heavy (non-hydrogen) atoms. The number of alkyl halides is 3. The smallest absolute Gasteiger partial charge is 0.351 e. The number of carbonyl (C=O) groups excluding carboxylic acids is 2. The fraction of sp³-hybridized carbons (Fsp3) is 0.385. The standard InChI is InChI=1S/C26H26F4N6O2S/c1-25(2)23(38)35(17-4-3-16(15-31)20(13-17)26(28,29)30)24(39)36(25)18-5-6-19(21(27)14-18)22(37)33-9-12-34-10-7-32-8-11-34/h3-6,13-14,32H,7-12H2,1-2H3,(H,33,37). The highest BCUT2D eigenvalue weighted by Crippen LogP contribution is 2.39. The van der Waals surface area contributed by atoms with E-state index < -0.39 is 40.5 Å². The molecule has 0 radical (unpaired) electrons. The van der Waals surface area contributed by atoms with E-state index in [-0.39, 0.29) is 22.1 Å². The normalized spacial score (nSPS) is 17.9. The molecule has 2 aromatic carbocycles. The predicted molar refractivity (Wildman–Crippen MR) is 141 cm³/mol. The molecule has 206 valence electrons. The lowest BCUT2D eigenvalue weighted by Crippen LogP contribution is -2.46. The molecule has 0 saturated carbocycles. The van der Waals surface area contributed by atoms with Crippen molar-refractivity contribution in [2.24, 2.45) is 0 Å². The Morgan fingerprint density at radius 2 is 1.82 bits per heavy atom. The predicted octanol–water partition coefficient (Wildman–Crippen LogP) is 3.27. The first kappa shape index (κ1) is 28.4. The van der Waals surface area contributed by atoms with Gasteiger partial charge in [0.15, 0.2) is 5.11 Å². The zero-order chi connectivity index (χ0) is 28.5. The molecule has 0 spiro atoms. The lowest BCUT2D eigenvalue weighted by Gasteiger charge is -2.29. The molecule has 2 aliphatic heterocycles. The zero-order valence-corrected chi connectivity index (χ0v) is 22.0. The van der Waals surface area contributed by atoms with Crippen LogP contribution in [0.4, 0.5) is 28.9 Å². The average Bonchev–Trinajstić information content (AvgIpc) is 3.06. The molecule has 0 unspecified atom stereocenters. The second-order valence-electron chi connectivity index (χ2n) is 9.67. The summed E-state index contributed by atoms with van der Waals surface area (Å²) in [6, 6.07) is 8.13. The topological polar surface area (TPSA) is 91.7 Å². The number of halogens is 4. The van der Waals surface area contributed by atoms with E-state index in [4.69, 9.17) is 17.5 Å². The Hall–Kier alpha value is -3.60. The van der Waals surface area contributed by atoms with Crippen LogP contribution in [-0.4, -0.2) is 66.6 Å². The highest BCUT2D eigenvalue weighted by atomic mass is 32.1. The molecule has 4 rings (SSSR count). The van der Waals surface area contributed by atoms with Crippen molar-refractivity contribution in [3.8, 4) is 6.07 Å². The Labute approximate surface area is 228 Å². The summed E-state index contributed by atoms with van der Waals surface area (Å²) in [5.41, 5.74) is -3.39. The molecule has 2 amide bonds. The van der Waals surface area contributed by atoms with Crippen LogP contribution in [0.1, 0.15) is 35.3 Å². The number of rotatable bonds is 6. The number of anilines is 2. The third kappa shape index (κ3) is 5.59. The van der Waals surface area contributed by atoms with Crippen LogP contribution in [0, 0.1) is 17.1 Å². The van der Waals surface area contributed by atoms with Gasteiger partial charge in [0, 0.05) is 45.0 Å². The summed E-state index contributed by atoms with van der Waals surface area (Å²) < 4.78 is 55.7. The average molecular weight is 563 g/mol. The van der Waals surface area contributed by atoms with Crippen molar-refractivity contribution in [2.75, 3.05) is 49.1 Å². The number of hydrogen-bond donors (Lipinski definition) is 2. The van der Waals surface area contributed by atoms with Crippen LogP contribution in [0.25, 0.3) is 0 Å². The number of nitrogens with one attached hydrogen (secondary N) is 2. The lowest BCUT2D eigenvalue weighted by atomic mass is 10.0. The van der Waals surface area contributed by atoms with Crippen molar-refractivity contribution in [2.45, 2.75) is 25.6 Å². The first-order chi connectivity index (χ1) is 18.4. The Morgan fingerprint density at radius 3 is 2.44 bits per heavy atom. The van der Waals surface area contributed by atoms with E-state index in [9.17, 15) is 22.8 Å². The van der Waals surface area contributed by atoms with Gasteiger partial charge in [-0.05, 0) is 62.5 Å². The SMILES string of the molecule is CC1(C)C(=O)N(c2ccc(C#N)c(C(F)(F)F)c2)C(=S)N1c1ccc(C(=O)NCCN2CCNCC2)c(F)c1. The summed E-state index contributed by atoms with van der Waals surface area (Å²) in [4.78, 5) is 30.4. The number of amides is 2. The molecule has 0 bridgehead atoms. The van der Waals surface area contributed by atoms with Gasteiger partial charge < -0.3 is 15.5 Å². The van der Waals surface area contributed by atoms with Crippen LogP contribution < -0.4 is 20.4 Å². The third-order valence-electron chi connectivity index (χ3n) is 6.73. The second-order valence-corrected chi connectivity index (χ2v) is 10.0. The van der Waals surface area contributed by atoms with E-state index in [0.29, 0.717) is 19.2 Å². The van der Waals surface area contributed by atoms with Crippen molar-refractivity contribution in [3.05, 3.63) is 58.9 Å². The Kier molecular flexibility index (Phi) is 7.92. The van der Waals surface area contributed by atoms with Gasteiger partial charge in [0.1, 0.15) is 11.4 Å². The quantitative estimate of drug-likeness (QED) is 0.413. The van der Waals surface area contributed by atoms with Crippen LogP contribution >= 0.6 is 12.2 Å². The number of thiocarbonyl (C=S) groups is 1. The van der Waals surface area contributed by atoms with E-state index in [1.54, 1.807) is 0 Å². The van der Waals surface area contributed by atoms with Gasteiger partial charge >= 0.3 is 6.18 Å². The van der Waals surface area contributed by atoms with E-state index in [1.807, 2.05) is 0 Å². The minimum Gasteiger partial charge on any atom is -0.351 e. The van der Waals surface area contributed by atoms with Crippen LogP contribution in [-0.2, 0) is 11.0 Å². The highest BCUT2D eigenvalue weighted by molar-refractivity contribution is 7.81. The molecule has 8 nitrogen and oxygen atoms in total. The van der Waals surface area contributed by atoms with Crippen LogP contribution in [0.15, 0.2) is 36.4 Å². The molecule has 13 heteroatoms. The fourth-order valence-corrected chi connectivity index (χ4v) is 5.17. The molecular formula is C26H26F4N6O2S. The Balaban J connectivity index is 1.56. The van der Waals surface area contributed by atoms with E-state index in [0.717, 1.165) is 43.2 Å². The summed E-state index contributed by atoms with van der Waals surface area (Å²) in [6.07, 6.45) is -4.83. The summed E-state index contributed by atoms with van der Waals surface area (Å²) in [6.45, 7) is 7.44. The number of hydrogen-bond acceptors (Lipinski definition) is 6. The Bertz CT molecular complexity index is 1350. The molecule has 2 fully saturated rings. The Morgan fingerprint density at radius 1 is 1.15 bits per heavy atom. The van der Waals surface area contributed by atoms with Gasteiger partial charge in [0.05, 0.1) is 28.4 Å². The van der Waals surface area contributed by atoms with Gasteiger partial charge in [-0.15, -0.1) is 0 Å². The molecule has 2 aromatic rings. The number of nitrogens with zero attached hydrogens (tertiary/aromatic N) is 4. The summed E-state index contributed by atoms with van der Waals surface area (Å²) in [5, 5.41) is 14.9. The van der Waals surface area contributed by atoms with E-state index in [2.05, 4.69) is 15.5 Å². The van der Waals surface area contributed by atoms with Crippen molar-refractivity contribution < 1.29 is 27.2 Å². The van der Waals surface area contributed by atoms with Crippen molar-refractivity contribution >= 4 is 40.5 Å². The minimum absolute atomic E-state index is 0.153. The van der Waals surface area contributed by atoms with Crippen LogP contribution in [0.3, 0.4) is 0 Å². The van der Waals surface area contributed by atoms with Crippen molar-refractivity contribution in [1.82, 2.24) is 15.5 Å². The largest absolute Gasteiger partial charge is 0.417 e. The molecular weight excluding hydrogens is 536 g/mol. The van der Waals surface area contributed by atoms with Gasteiger partial charge in [-0.25, -0.2) is 4.39 Å². The first-order valence-electron chi connectivity index (χ1n) is 12.2. The molecule has 2 N–H and O–H groups in total. The maximum absolute atomic E-state index is 15.1. The van der Waals surface area contributed by atoms with Gasteiger partial charge in [0.2, 0.25) is 0 Å². The fourth-order valence-electron chi connectivity index (χ4n) is 4.64. The van der Waals surface area contributed by atoms with Crippen LogP contribution in [0.2, 0.25) is 0 Å². The molecule has 2 aliphatic rings. The second kappa shape index (κ2) is 10.9. The summed E-state index contributed by atoms with van der Waals surface area (Å²) in [7, 11) is 0. The summed E-state index contributed by atoms with van der Waals surface area (Å²) in [5.74, 6) is -2.07. The number of piperazine rings is 1. The van der Waals surface area contributed by atoms with Gasteiger partial charge in [0.25, 0.3) is 11.8 Å². The molecule has 2 heterocycles. The molecule has 2 saturated heterocycles. The maximum atomic E-state index is 15.1. The monoisotopic (exact) mass is 562 g/mol. The zero-order valence-electron chi connectivity index (χ0n) is 21.2. The number of carbonyl (C=O) groups is 2. The molecule has 0 aromatic heterocycles. The van der Waals surface area contributed by atoms with Crippen LogP contribution in [0.5, 0.6) is 0 Å².